The minimum absolute atomic E-state index is 0.0841. The fourth-order valence-corrected chi connectivity index (χ4v) is 1.63. The minimum atomic E-state index is -0.0841. The van der Waals surface area contributed by atoms with Gasteiger partial charge >= 0.3 is 0 Å². The van der Waals surface area contributed by atoms with Crippen LogP contribution in [0, 0.1) is 5.92 Å². The number of rotatable bonds is 3. The summed E-state index contributed by atoms with van der Waals surface area (Å²) in [6.45, 7) is 0.942. The van der Waals surface area contributed by atoms with Crippen LogP contribution >= 0.6 is 0 Å². The van der Waals surface area contributed by atoms with E-state index in [4.69, 9.17) is 4.74 Å². The fraction of sp³-hybridized carbons (Fsp3) is 1.00. The van der Waals surface area contributed by atoms with Gasteiger partial charge in [0.2, 0.25) is 0 Å². The first-order valence-electron chi connectivity index (χ1n) is 4.64. The van der Waals surface area contributed by atoms with E-state index in [-0.39, 0.29) is 6.10 Å². The van der Waals surface area contributed by atoms with Crippen LogP contribution in [0.4, 0.5) is 0 Å². The summed E-state index contributed by atoms with van der Waals surface area (Å²) in [5.74, 6) is 0.854. The molecule has 2 aliphatic rings. The maximum absolute atomic E-state index is 9.20. The van der Waals surface area contributed by atoms with E-state index >= 15 is 0 Å². The van der Waals surface area contributed by atoms with Gasteiger partial charge in [0.1, 0.15) is 0 Å². The first-order chi connectivity index (χ1) is 5.34. The molecule has 2 atom stereocenters. The van der Waals surface area contributed by atoms with Crippen LogP contribution in [-0.4, -0.2) is 23.9 Å². The molecule has 0 radical (unpaired) electrons. The van der Waals surface area contributed by atoms with Gasteiger partial charge in [0.15, 0.2) is 0 Å². The van der Waals surface area contributed by atoms with Gasteiger partial charge in [-0.15, -0.1) is 0 Å². The van der Waals surface area contributed by atoms with E-state index in [0.29, 0.717) is 6.10 Å². The third kappa shape index (κ3) is 2.17. The Hall–Kier alpha value is -0.0800. The van der Waals surface area contributed by atoms with Crippen molar-refractivity contribution in [2.75, 3.05) is 6.61 Å². The topological polar surface area (TPSA) is 29.5 Å². The lowest BCUT2D eigenvalue weighted by atomic mass is 10.3. The summed E-state index contributed by atoms with van der Waals surface area (Å²) in [7, 11) is 0. The quantitative estimate of drug-likeness (QED) is 0.668. The van der Waals surface area contributed by atoms with Crippen LogP contribution in [0.3, 0.4) is 0 Å². The van der Waals surface area contributed by atoms with Crippen LogP contribution < -0.4 is 0 Å². The smallest absolute Gasteiger partial charge is 0.0600 e. The monoisotopic (exact) mass is 156 g/mol. The fourth-order valence-electron chi connectivity index (χ4n) is 1.63. The minimum Gasteiger partial charge on any atom is -0.393 e. The van der Waals surface area contributed by atoms with E-state index in [0.717, 1.165) is 31.8 Å². The van der Waals surface area contributed by atoms with Crippen LogP contribution in [0.2, 0.25) is 0 Å². The summed E-state index contributed by atoms with van der Waals surface area (Å²) in [6, 6.07) is 0. The lowest BCUT2D eigenvalue weighted by Gasteiger charge is -2.09. The van der Waals surface area contributed by atoms with E-state index in [2.05, 4.69) is 0 Å². The molecular formula is C9H16O2. The van der Waals surface area contributed by atoms with Crippen molar-refractivity contribution < 1.29 is 9.84 Å². The highest BCUT2D eigenvalue weighted by atomic mass is 16.5. The normalized spacial score (nSPS) is 37.9. The van der Waals surface area contributed by atoms with Crippen LogP contribution in [0.5, 0.6) is 0 Å². The van der Waals surface area contributed by atoms with Crippen molar-refractivity contribution >= 4 is 0 Å². The Labute approximate surface area is 67.6 Å². The van der Waals surface area contributed by atoms with Gasteiger partial charge in [0.05, 0.1) is 12.2 Å². The Morgan fingerprint density at radius 2 is 2.00 bits per heavy atom. The summed E-state index contributed by atoms with van der Waals surface area (Å²) < 4.78 is 5.64. The molecule has 0 aromatic rings. The average Bonchev–Trinajstić information content (AvgIpc) is 2.72. The van der Waals surface area contributed by atoms with Crippen molar-refractivity contribution in [3.8, 4) is 0 Å². The second-order valence-electron chi connectivity index (χ2n) is 3.87. The molecule has 0 spiro atoms. The summed E-state index contributed by atoms with van der Waals surface area (Å²) in [5, 5.41) is 9.20. The van der Waals surface area contributed by atoms with Crippen molar-refractivity contribution in [2.45, 2.75) is 44.3 Å². The Morgan fingerprint density at radius 3 is 2.55 bits per heavy atom. The molecule has 0 amide bonds. The molecule has 0 aromatic heterocycles. The molecular weight excluding hydrogens is 140 g/mol. The Bertz CT molecular complexity index is 132. The molecule has 0 aromatic carbocycles. The van der Waals surface area contributed by atoms with E-state index in [1.807, 2.05) is 0 Å². The van der Waals surface area contributed by atoms with Crippen molar-refractivity contribution in [3.63, 3.8) is 0 Å². The van der Waals surface area contributed by atoms with E-state index in [9.17, 15) is 5.11 Å². The molecule has 2 heteroatoms. The third-order valence-corrected chi connectivity index (χ3v) is 2.62. The van der Waals surface area contributed by atoms with Crippen molar-refractivity contribution in [1.82, 2.24) is 0 Å². The van der Waals surface area contributed by atoms with Gasteiger partial charge in [0, 0.05) is 6.61 Å². The first kappa shape index (κ1) is 7.56. The summed E-state index contributed by atoms with van der Waals surface area (Å²) in [5.41, 5.74) is 0. The highest BCUT2D eigenvalue weighted by molar-refractivity contribution is 4.77. The number of hydrogen-bond acceptors (Lipinski definition) is 2. The van der Waals surface area contributed by atoms with Gasteiger partial charge in [-0.3, -0.25) is 0 Å². The standard InChI is InChI=1S/C9H16O2/c10-8-3-4-9(5-8)11-6-7-1-2-7/h7-10H,1-6H2. The second kappa shape index (κ2) is 3.11. The number of ether oxygens (including phenoxy) is 1. The van der Waals surface area contributed by atoms with E-state index in [1.54, 1.807) is 0 Å². The predicted octanol–water partition coefficient (Wildman–Crippen LogP) is 1.33. The van der Waals surface area contributed by atoms with Crippen molar-refractivity contribution in [2.24, 2.45) is 5.92 Å². The number of aliphatic hydroxyl groups is 1. The molecule has 2 unspecified atom stereocenters. The molecule has 2 aliphatic carbocycles. The molecule has 2 saturated carbocycles. The van der Waals surface area contributed by atoms with Crippen LogP contribution in [0.15, 0.2) is 0 Å². The number of hydrogen-bond donors (Lipinski definition) is 1. The highest BCUT2D eigenvalue weighted by Gasteiger charge is 2.27. The summed E-state index contributed by atoms with van der Waals surface area (Å²) in [6.07, 6.45) is 5.87. The lowest BCUT2D eigenvalue weighted by Crippen LogP contribution is -2.11. The van der Waals surface area contributed by atoms with Crippen LogP contribution in [0.1, 0.15) is 32.1 Å². The Morgan fingerprint density at radius 1 is 1.18 bits per heavy atom. The molecule has 11 heavy (non-hydrogen) atoms. The Balaban J connectivity index is 1.62. The molecule has 2 fully saturated rings. The molecule has 0 bridgehead atoms. The van der Waals surface area contributed by atoms with Crippen LogP contribution in [-0.2, 0) is 4.74 Å². The molecule has 0 saturated heterocycles. The molecule has 0 heterocycles. The van der Waals surface area contributed by atoms with Gasteiger partial charge in [-0.25, -0.2) is 0 Å². The zero-order valence-corrected chi connectivity index (χ0v) is 6.83. The van der Waals surface area contributed by atoms with Gasteiger partial charge in [-0.2, -0.15) is 0 Å². The summed E-state index contributed by atoms with van der Waals surface area (Å²) in [4.78, 5) is 0. The Kier molecular flexibility index (Phi) is 2.14. The molecule has 2 nitrogen and oxygen atoms in total. The zero-order valence-electron chi connectivity index (χ0n) is 6.83. The van der Waals surface area contributed by atoms with Gasteiger partial charge in [-0.05, 0) is 38.0 Å². The van der Waals surface area contributed by atoms with Gasteiger partial charge in [0.25, 0.3) is 0 Å². The van der Waals surface area contributed by atoms with Crippen molar-refractivity contribution in [1.29, 1.82) is 0 Å². The molecule has 1 N–H and O–H groups in total. The maximum Gasteiger partial charge on any atom is 0.0600 e. The molecule has 2 rings (SSSR count). The maximum atomic E-state index is 9.20. The third-order valence-electron chi connectivity index (χ3n) is 2.62. The van der Waals surface area contributed by atoms with Crippen LogP contribution in [0.25, 0.3) is 0 Å². The SMILES string of the molecule is OC1CCC(OCC2CC2)C1. The largest absolute Gasteiger partial charge is 0.393 e. The zero-order chi connectivity index (χ0) is 7.68. The molecule has 0 aliphatic heterocycles. The number of aliphatic hydroxyl groups excluding tert-OH is 1. The van der Waals surface area contributed by atoms with E-state index < -0.39 is 0 Å². The second-order valence-corrected chi connectivity index (χ2v) is 3.87. The highest BCUT2D eigenvalue weighted by Crippen LogP contribution is 2.31. The van der Waals surface area contributed by atoms with Crippen molar-refractivity contribution in [3.05, 3.63) is 0 Å². The lowest BCUT2D eigenvalue weighted by molar-refractivity contribution is 0.0408. The average molecular weight is 156 g/mol. The van der Waals surface area contributed by atoms with Gasteiger partial charge < -0.3 is 9.84 Å². The summed E-state index contributed by atoms with van der Waals surface area (Å²) >= 11 is 0. The molecule has 64 valence electrons. The van der Waals surface area contributed by atoms with Gasteiger partial charge in [-0.1, -0.05) is 0 Å². The first-order valence-corrected chi connectivity index (χ1v) is 4.64. The predicted molar refractivity (Wildman–Crippen MR) is 42.3 cm³/mol. The van der Waals surface area contributed by atoms with E-state index in [1.165, 1.54) is 12.8 Å².